The van der Waals surface area contributed by atoms with Crippen LogP contribution in [0.15, 0.2) is 53.1 Å². The number of hydrogen-bond acceptors (Lipinski definition) is 5. The Balaban J connectivity index is 1.52. The Bertz CT molecular complexity index is 930. The van der Waals surface area contributed by atoms with Gasteiger partial charge in [-0.15, -0.1) is 0 Å². The van der Waals surface area contributed by atoms with Crippen LogP contribution in [-0.4, -0.2) is 17.7 Å². The minimum absolute atomic E-state index is 0.0228. The molecule has 3 rings (SSSR count). The summed E-state index contributed by atoms with van der Waals surface area (Å²) in [6.07, 6.45) is 0. The number of hydrogen-bond donors (Lipinski definition) is 0. The molecule has 3 aromatic rings. The average molecular weight is 383 g/mol. The van der Waals surface area contributed by atoms with E-state index in [0.717, 1.165) is 5.56 Å². The predicted octanol–water partition coefficient (Wildman–Crippen LogP) is 5.03. The summed E-state index contributed by atoms with van der Waals surface area (Å²) in [5.41, 5.74) is 3.16. The molecular weight excluding hydrogens is 361 g/mol. The number of rotatable bonds is 7. The van der Waals surface area contributed by atoms with Gasteiger partial charge in [0.1, 0.15) is 23.9 Å². The van der Waals surface area contributed by atoms with Crippen LogP contribution in [0.5, 0.6) is 5.75 Å². The fraction of sp³-hybridized carbons (Fsp3) is 0.273. The zero-order valence-electron chi connectivity index (χ0n) is 16.1. The second-order valence-electron chi connectivity index (χ2n) is 6.76. The number of esters is 1. The highest BCUT2D eigenvalue weighted by Crippen LogP contribution is 2.26. The summed E-state index contributed by atoms with van der Waals surface area (Å²) >= 11 is 0. The highest BCUT2D eigenvalue weighted by Gasteiger charge is 2.16. The van der Waals surface area contributed by atoms with Gasteiger partial charge in [0.2, 0.25) is 0 Å². The van der Waals surface area contributed by atoms with Crippen LogP contribution in [-0.2, 0) is 16.1 Å². The van der Waals surface area contributed by atoms with E-state index in [1.807, 2.05) is 31.2 Å². The molecule has 0 aliphatic rings. The molecule has 0 spiro atoms. The molecule has 28 heavy (non-hydrogen) atoms. The molecule has 146 valence electrons. The zero-order chi connectivity index (χ0) is 20.1. The number of carbonyl (C=O) groups excluding carboxylic acids is 1. The molecule has 0 radical (unpaired) electrons. The first kappa shape index (κ1) is 19.6. The monoisotopic (exact) mass is 383 g/mol. The molecule has 5 nitrogen and oxygen atoms in total. The van der Waals surface area contributed by atoms with Crippen molar-refractivity contribution >= 4 is 5.97 Å². The van der Waals surface area contributed by atoms with E-state index < -0.39 is 5.97 Å². The second kappa shape index (κ2) is 8.69. The molecular formula is C22H22FNO4. The normalized spacial score (nSPS) is 10.9. The van der Waals surface area contributed by atoms with Gasteiger partial charge in [-0.2, -0.15) is 0 Å². The Morgan fingerprint density at radius 3 is 2.43 bits per heavy atom. The summed E-state index contributed by atoms with van der Waals surface area (Å²) in [4.78, 5) is 11.9. The third kappa shape index (κ3) is 4.76. The van der Waals surface area contributed by atoms with Gasteiger partial charge in [0, 0.05) is 11.1 Å². The van der Waals surface area contributed by atoms with Crippen LogP contribution in [0.25, 0.3) is 11.3 Å². The Morgan fingerprint density at radius 1 is 1.11 bits per heavy atom. The summed E-state index contributed by atoms with van der Waals surface area (Å²) in [6.45, 7) is 5.82. The Labute approximate surface area is 163 Å². The number of ether oxygens (including phenoxy) is 2. The van der Waals surface area contributed by atoms with Gasteiger partial charge in [-0.25, -0.2) is 9.18 Å². The van der Waals surface area contributed by atoms with Crippen molar-refractivity contribution < 1.29 is 23.2 Å². The van der Waals surface area contributed by atoms with Gasteiger partial charge in [0.05, 0.1) is 0 Å². The van der Waals surface area contributed by atoms with E-state index in [1.165, 1.54) is 17.7 Å². The van der Waals surface area contributed by atoms with Crippen LogP contribution in [0.3, 0.4) is 0 Å². The van der Waals surface area contributed by atoms with Crippen molar-refractivity contribution in [3.8, 4) is 17.1 Å². The van der Waals surface area contributed by atoms with E-state index in [-0.39, 0.29) is 19.0 Å². The van der Waals surface area contributed by atoms with Crippen molar-refractivity contribution in [1.29, 1.82) is 0 Å². The zero-order valence-corrected chi connectivity index (χ0v) is 16.1. The third-order valence-corrected chi connectivity index (χ3v) is 4.40. The molecule has 0 saturated carbocycles. The maximum Gasteiger partial charge on any atom is 0.344 e. The summed E-state index contributed by atoms with van der Waals surface area (Å²) in [5.74, 6) is 0.738. The van der Waals surface area contributed by atoms with Crippen LogP contribution in [0.4, 0.5) is 4.39 Å². The smallest absolute Gasteiger partial charge is 0.344 e. The molecule has 0 bridgehead atoms. The standard InChI is InChI=1S/C22H22FNO4/c1-14(2)16-6-10-19(11-7-16)26-13-21(25)27-12-20-15(3)22(28-24-20)17-4-8-18(23)9-5-17/h4-11,14H,12-13H2,1-3H3. The van der Waals surface area contributed by atoms with E-state index >= 15 is 0 Å². The van der Waals surface area contributed by atoms with Crippen LogP contribution in [0.1, 0.15) is 36.6 Å². The molecule has 0 aliphatic heterocycles. The SMILES string of the molecule is Cc1c(COC(=O)COc2ccc(C(C)C)cc2)noc1-c1ccc(F)cc1. The van der Waals surface area contributed by atoms with E-state index in [2.05, 4.69) is 19.0 Å². The molecule has 0 unspecified atom stereocenters. The predicted molar refractivity (Wildman–Crippen MR) is 102 cm³/mol. The first-order valence-electron chi connectivity index (χ1n) is 9.03. The first-order valence-corrected chi connectivity index (χ1v) is 9.03. The number of halogens is 1. The van der Waals surface area contributed by atoms with Crippen LogP contribution < -0.4 is 4.74 Å². The first-order chi connectivity index (χ1) is 13.4. The van der Waals surface area contributed by atoms with Crippen molar-refractivity contribution in [1.82, 2.24) is 5.16 Å². The Hall–Kier alpha value is -3.15. The third-order valence-electron chi connectivity index (χ3n) is 4.40. The average Bonchev–Trinajstić information content (AvgIpc) is 3.06. The Kier molecular flexibility index (Phi) is 6.09. The molecule has 0 amide bonds. The molecule has 2 aromatic carbocycles. The summed E-state index contributed by atoms with van der Waals surface area (Å²) < 4.78 is 29.0. The number of carbonyl (C=O) groups is 1. The lowest BCUT2D eigenvalue weighted by Crippen LogP contribution is -2.15. The van der Waals surface area contributed by atoms with Gasteiger partial charge in [-0.1, -0.05) is 31.1 Å². The molecule has 0 N–H and O–H groups in total. The van der Waals surface area contributed by atoms with E-state index in [4.69, 9.17) is 14.0 Å². The lowest BCUT2D eigenvalue weighted by molar-refractivity contribution is -0.147. The fourth-order valence-electron chi connectivity index (χ4n) is 2.66. The molecule has 0 aliphatic carbocycles. The molecule has 0 atom stereocenters. The van der Waals surface area contributed by atoms with Gasteiger partial charge in [-0.05, 0) is 54.8 Å². The molecule has 0 saturated heterocycles. The Morgan fingerprint density at radius 2 is 1.79 bits per heavy atom. The lowest BCUT2D eigenvalue weighted by atomic mass is 10.0. The second-order valence-corrected chi connectivity index (χ2v) is 6.76. The van der Waals surface area contributed by atoms with Gasteiger partial charge in [0.15, 0.2) is 12.4 Å². The molecule has 6 heteroatoms. The van der Waals surface area contributed by atoms with Crippen LogP contribution in [0, 0.1) is 12.7 Å². The highest BCUT2D eigenvalue weighted by molar-refractivity contribution is 5.71. The maximum atomic E-state index is 13.1. The fourth-order valence-corrected chi connectivity index (χ4v) is 2.66. The van der Waals surface area contributed by atoms with Crippen LogP contribution >= 0.6 is 0 Å². The highest BCUT2D eigenvalue weighted by atomic mass is 19.1. The molecule has 1 aromatic heterocycles. The van der Waals surface area contributed by atoms with Crippen LogP contribution in [0.2, 0.25) is 0 Å². The molecule has 1 heterocycles. The quantitative estimate of drug-likeness (QED) is 0.535. The van der Waals surface area contributed by atoms with Crippen molar-refractivity contribution in [2.45, 2.75) is 33.3 Å². The van der Waals surface area contributed by atoms with Gasteiger partial charge >= 0.3 is 5.97 Å². The van der Waals surface area contributed by atoms with E-state index in [1.54, 1.807) is 12.1 Å². The maximum absolute atomic E-state index is 13.1. The summed E-state index contributed by atoms with van der Waals surface area (Å²) in [7, 11) is 0. The largest absolute Gasteiger partial charge is 0.482 e. The number of aromatic nitrogens is 1. The van der Waals surface area contributed by atoms with Gasteiger partial charge < -0.3 is 14.0 Å². The minimum atomic E-state index is -0.501. The number of nitrogens with zero attached hydrogens (tertiary/aromatic N) is 1. The summed E-state index contributed by atoms with van der Waals surface area (Å²) in [6, 6.07) is 13.5. The lowest BCUT2D eigenvalue weighted by Gasteiger charge is -2.08. The van der Waals surface area contributed by atoms with Crippen molar-refractivity contribution in [2.24, 2.45) is 0 Å². The number of benzene rings is 2. The summed E-state index contributed by atoms with van der Waals surface area (Å²) in [5, 5.41) is 3.94. The topological polar surface area (TPSA) is 61.6 Å². The van der Waals surface area contributed by atoms with Crippen molar-refractivity contribution in [3.63, 3.8) is 0 Å². The molecule has 0 fully saturated rings. The van der Waals surface area contributed by atoms with E-state index in [0.29, 0.717) is 28.7 Å². The van der Waals surface area contributed by atoms with Gasteiger partial charge in [0.25, 0.3) is 0 Å². The minimum Gasteiger partial charge on any atom is -0.482 e. The van der Waals surface area contributed by atoms with E-state index in [9.17, 15) is 9.18 Å². The van der Waals surface area contributed by atoms with Gasteiger partial charge in [-0.3, -0.25) is 0 Å². The van der Waals surface area contributed by atoms with Crippen molar-refractivity contribution in [2.75, 3.05) is 6.61 Å². The van der Waals surface area contributed by atoms with Crippen molar-refractivity contribution in [3.05, 3.63) is 71.2 Å².